The highest BCUT2D eigenvalue weighted by Gasteiger charge is 2.42. The van der Waals surface area contributed by atoms with Gasteiger partial charge in [0.15, 0.2) is 0 Å². The van der Waals surface area contributed by atoms with Crippen molar-refractivity contribution in [2.45, 2.75) is 5.60 Å². The van der Waals surface area contributed by atoms with E-state index in [2.05, 4.69) is 5.32 Å². The number of carbonyl (C=O) groups excluding carboxylic acids is 1. The molecular formula is C28H17Cl2FN2O2. The molecule has 0 fully saturated rings. The predicted molar refractivity (Wildman–Crippen MR) is 134 cm³/mol. The van der Waals surface area contributed by atoms with Crippen LogP contribution in [0.3, 0.4) is 0 Å². The number of nitrogens with zero attached hydrogens (tertiary/aromatic N) is 1. The van der Waals surface area contributed by atoms with Gasteiger partial charge in [-0.25, -0.2) is 4.39 Å². The standard InChI is InChI=1S/C28H17Cl2FN2O2/c29-22-6-2-20(3-7-22)28(21-4-8-23(30)9-5-21)25-14-18(1-10-26(25)33-27(34)16-35-28)19-11-17(15-32)12-24(31)13-19/h1-14H,16H2,(H,33,34). The zero-order valence-corrected chi connectivity index (χ0v) is 19.7. The van der Waals surface area contributed by atoms with E-state index in [0.29, 0.717) is 32.4 Å². The van der Waals surface area contributed by atoms with Crippen LogP contribution in [0.5, 0.6) is 0 Å². The van der Waals surface area contributed by atoms with Gasteiger partial charge in [0, 0.05) is 21.3 Å². The van der Waals surface area contributed by atoms with Gasteiger partial charge in [0.2, 0.25) is 5.91 Å². The average molecular weight is 503 g/mol. The number of hydrogen-bond donors (Lipinski definition) is 1. The number of benzene rings is 4. The summed E-state index contributed by atoms with van der Waals surface area (Å²) in [6.07, 6.45) is 0. The first-order valence-corrected chi connectivity index (χ1v) is 11.5. The Morgan fingerprint density at radius 1 is 0.857 bits per heavy atom. The number of halogens is 3. The Balaban J connectivity index is 1.82. The lowest BCUT2D eigenvalue weighted by Crippen LogP contribution is -2.33. The Bertz CT molecular complexity index is 1430. The number of nitriles is 1. The van der Waals surface area contributed by atoms with Gasteiger partial charge in [0.1, 0.15) is 18.0 Å². The predicted octanol–water partition coefficient (Wildman–Crippen LogP) is 6.93. The number of fused-ring (bicyclic) bond motifs is 1. The highest BCUT2D eigenvalue weighted by Crippen LogP contribution is 2.46. The van der Waals surface area contributed by atoms with Crippen LogP contribution in [-0.4, -0.2) is 12.5 Å². The molecule has 5 rings (SSSR count). The van der Waals surface area contributed by atoms with E-state index in [9.17, 15) is 14.4 Å². The Hall–Kier alpha value is -3.69. The summed E-state index contributed by atoms with van der Waals surface area (Å²) < 4.78 is 20.7. The van der Waals surface area contributed by atoms with Crippen molar-refractivity contribution in [3.05, 3.63) is 123 Å². The third kappa shape index (κ3) is 4.28. The molecule has 1 amide bonds. The molecule has 0 spiro atoms. The van der Waals surface area contributed by atoms with Crippen molar-refractivity contribution in [2.75, 3.05) is 11.9 Å². The maximum atomic E-state index is 14.3. The van der Waals surface area contributed by atoms with Crippen molar-refractivity contribution in [3.8, 4) is 17.2 Å². The van der Waals surface area contributed by atoms with E-state index in [0.717, 1.165) is 11.1 Å². The Morgan fingerprint density at radius 2 is 1.49 bits per heavy atom. The fourth-order valence-corrected chi connectivity index (χ4v) is 4.65. The molecule has 172 valence electrons. The molecule has 0 atom stereocenters. The molecule has 0 bridgehead atoms. The van der Waals surface area contributed by atoms with Gasteiger partial charge >= 0.3 is 0 Å². The van der Waals surface area contributed by atoms with Gasteiger partial charge in [-0.2, -0.15) is 5.26 Å². The number of rotatable bonds is 3. The fraction of sp³-hybridized carbons (Fsp3) is 0.0714. The Morgan fingerprint density at radius 3 is 2.09 bits per heavy atom. The summed E-state index contributed by atoms with van der Waals surface area (Å²) in [6, 6.07) is 25.9. The van der Waals surface area contributed by atoms with Crippen molar-refractivity contribution in [2.24, 2.45) is 0 Å². The summed E-state index contributed by atoms with van der Waals surface area (Å²) in [6.45, 7) is -0.201. The molecule has 35 heavy (non-hydrogen) atoms. The second-order valence-electron chi connectivity index (χ2n) is 8.13. The number of hydrogen-bond acceptors (Lipinski definition) is 3. The molecule has 1 heterocycles. The van der Waals surface area contributed by atoms with E-state index in [-0.39, 0.29) is 18.1 Å². The first-order chi connectivity index (χ1) is 16.9. The molecule has 0 aromatic heterocycles. The van der Waals surface area contributed by atoms with Crippen LogP contribution in [0.1, 0.15) is 22.3 Å². The van der Waals surface area contributed by atoms with Crippen LogP contribution in [0.15, 0.2) is 84.9 Å². The van der Waals surface area contributed by atoms with E-state index in [1.807, 2.05) is 36.4 Å². The van der Waals surface area contributed by atoms with Crippen molar-refractivity contribution in [1.82, 2.24) is 0 Å². The van der Waals surface area contributed by atoms with Crippen molar-refractivity contribution < 1.29 is 13.9 Å². The third-order valence-electron chi connectivity index (χ3n) is 5.95. The number of ether oxygens (including phenoxy) is 1. The van der Waals surface area contributed by atoms with Gasteiger partial charge < -0.3 is 10.1 Å². The lowest BCUT2D eigenvalue weighted by atomic mass is 9.78. The number of amides is 1. The lowest BCUT2D eigenvalue weighted by Gasteiger charge is -2.35. The van der Waals surface area contributed by atoms with Crippen LogP contribution < -0.4 is 5.32 Å². The molecule has 4 nitrogen and oxygen atoms in total. The van der Waals surface area contributed by atoms with Crippen LogP contribution >= 0.6 is 23.2 Å². The van der Waals surface area contributed by atoms with Gasteiger partial charge in [-0.3, -0.25) is 4.79 Å². The number of carbonyl (C=O) groups is 1. The molecule has 1 N–H and O–H groups in total. The molecule has 4 aromatic carbocycles. The van der Waals surface area contributed by atoms with E-state index < -0.39 is 11.4 Å². The third-order valence-corrected chi connectivity index (χ3v) is 6.46. The van der Waals surface area contributed by atoms with Gasteiger partial charge in [0.25, 0.3) is 0 Å². The molecule has 0 saturated heterocycles. The number of nitrogens with one attached hydrogen (secondary N) is 1. The van der Waals surface area contributed by atoms with E-state index in [1.165, 1.54) is 12.1 Å². The van der Waals surface area contributed by atoms with Crippen molar-refractivity contribution in [3.63, 3.8) is 0 Å². The van der Waals surface area contributed by atoms with E-state index in [1.54, 1.807) is 42.5 Å². The van der Waals surface area contributed by atoms with Gasteiger partial charge in [-0.1, -0.05) is 53.5 Å². The summed E-state index contributed by atoms with van der Waals surface area (Å²) in [5, 5.41) is 13.3. The molecule has 7 heteroatoms. The average Bonchev–Trinajstić information content (AvgIpc) is 3.00. The van der Waals surface area contributed by atoms with Crippen molar-refractivity contribution >= 4 is 34.8 Å². The Kier molecular flexibility index (Phi) is 6.04. The number of anilines is 1. The molecule has 1 aliphatic rings. The fourth-order valence-electron chi connectivity index (χ4n) is 4.40. The molecule has 0 aliphatic carbocycles. The highest BCUT2D eigenvalue weighted by atomic mass is 35.5. The summed E-state index contributed by atoms with van der Waals surface area (Å²) in [5.41, 5.74) is 2.89. The second-order valence-corrected chi connectivity index (χ2v) is 9.01. The summed E-state index contributed by atoms with van der Waals surface area (Å²) in [4.78, 5) is 12.6. The Labute approximate surface area is 211 Å². The summed E-state index contributed by atoms with van der Waals surface area (Å²) >= 11 is 12.4. The van der Waals surface area contributed by atoms with Gasteiger partial charge in [-0.05, 0) is 76.9 Å². The minimum absolute atomic E-state index is 0.201. The maximum Gasteiger partial charge on any atom is 0.250 e. The molecule has 1 aliphatic heterocycles. The van der Waals surface area contributed by atoms with Crippen LogP contribution in [-0.2, 0) is 15.1 Å². The quantitative estimate of drug-likeness (QED) is 0.330. The van der Waals surface area contributed by atoms with Crippen molar-refractivity contribution in [1.29, 1.82) is 5.26 Å². The van der Waals surface area contributed by atoms with Crippen LogP contribution in [0, 0.1) is 17.1 Å². The van der Waals surface area contributed by atoms with Crippen LogP contribution in [0.2, 0.25) is 10.0 Å². The highest BCUT2D eigenvalue weighted by molar-refractivity contribution is 6.30. The second kappa shape index (κ2) is 9.16. The topological polar surface area (TPSA) is 62.1 Å². The first kappa shape index (κ1) is 23.1. The zero-order chi connectivity index (χ0) is 24.6. The van der Waals surface area contributed by atoms with E-state index in [4.69, 9.17) is 27.9 Å². The van der Waals surface area contributed by atoms with Crippen LogP contribution in [0.25, 0.3) is 11.1 Å². The normalized spacial score (nSPS) is 14.4. The SMILES string of the molecule is N#Cc1cc(F)cc(-c2ccc3c(c2)C(c2ccc(Cl)cc2)(c2ccc(Cl)cc2)OCC(=O)N3)c1. The lowest BCUT2D eigenvalue weighted by molar-refractivity contribution is -0.123. The minimum Gasteiger partial charge on any atom is -0.351 e. The van der Waals surface area contributed by atoms with Gasteiger partial charge in [-0.15, -0.1) is 0 Å². The van der Waals surface area contributed by atoms with Gasteiger partial charge in [0.05, 0.1) is 11.6 Å². The zero-order valence-electron chi connectivity index (χ0n) is 18.2. The summed E-state index contributed by atoms with van der Waals surface area (Å²) in [7, 11) is 0. The molecule has 0 radical (unpaired) electrons. The maximum absolute atomic E-state index is 14.3. The van der Waals surface area contributed by atoms with Crippen LogP contribution in [0.4, 0.5) is 10.1 Å². The summed E-state index contributed by atoms with van der Waals surface area (Å²) in [5.74, 6) is -0.818. The largest absolute Gasteiger partial charge is 0.351 e. The molecular weight excluding hydrogens is 486 g/mol. The first-order valence-electron chi connectivity index (χ1n) is 10.7. The molecule has 0 unspecified atom stereocenters. The minimum atomic E-state index is -1.20. The van der Waals surface area contributed by atoms with E-state index >= 15 is 0 Å². The molecule has 4 aromatic rings. The smallest absolute Gasteiger partial charge is 0.250 e. The molecule has 0 saturated carbocycles. The monoisotopic (exact) mass is 502 g/mol.